The number of carboxylic acids is 1. The molecule has 2 saturated heterocycles. The molecule has 4 heteroatoms. The first kappa shape index (κ1) is 20.6. The molecule has 2 aliphatic rings. The quantitative estimate of drug-likeness (QED) is 0.624. The predicted molar refractivity (Wildman–Crippen MR) is 117 cm³/mol. The molecule has 2 aromatic rings. The Morgan fingerprint density at radius 2 is 1.90 bits per heavy atom. The third-order valence-corrected chi connectivity index (χ3v) is 6.18. The Hall–Kier alpha value is -2.69. The van der Waals surface area contributed by atoms with Crippen molar-refractivity contribution in [2.75, 3.05) is 0 Å². The first-order chi connectivity index (χ1) is 14.6. The van der Waals surface area contributed by atoms with Gasteiger partial charge in [-0.3, -0.25) is 0 Å². The average molecular weight is 405 g/mol. The SMILES string of the molecule is O=C(O)c1cccc(/C=C/C[C@@H]2[C@H](C=CC(O)Cc3ccccc3)[C@@H]3CC[C@H]2O3)c1. The van der Waals surface area contributed by atoms with Crippen molar-refractivity contribution >= 4 is 12.0 Å². The van der Waals surface area contributed by atoms with Crippen LogP contribution in [0.3, 0.4) is 0 Å². The molecule has 5 atom stereocenters. The minimum Gasteiger partial charge on any atom is -0.478 e. The Morgan fingerprint density at radius 3 is 2.70 bits per heavy atom. The van der Waals surface area contributed by atoms with Crippen LogP contribution in [0.15, 0.2) is 72.8 Å². The molecule has 2 N–H and O–H groups in total. The monoisotopic (exact) mass is 404 g/mol. The molecular formula is C26H28O4. The molecule has 2 fully saturated rings. The lowest BCUT2D eigenvalue weighted by molar-refractivity contribution is 0.0696. The van der Waals surface area contributed by atoms with E-state index >= 15 is 0 Å². The van der Waals surface area contributed by atoms with Gasteiger partial charge < -0.3 is 14.9 Å². The normalized spacial score (nSPS) is 26.6. The van der Waals surface area contributed by atoms with Crippen molar-refractivity contribution < 1.29 is 19.7 Å². The van der Waals surface area contributed by atoms with Crippen molar-refractivity contribution in [3.8, 4) is 0 Å². The van der Waals surface area contributed by atoms with E-state index in [9.17, 15) is 9.90 Å². The summed E-state index contributed by atoms with van der Waals surface area (Å²) in [5.41, 5.74) is 2.32. The van der Waals surface area contributed by atoms with Gasteiger partial charge >= 0.3 is 5.97 Å². The van der Waals surface area contributed by atoms with Crippen LogP contribution in [0.25, 0.3) is 6.08 Å². The van der Waals surface area contributed by atoms with Gasteiger partial charge in [-0.25, -0.2) is 4.79 Å². The first-order valence-electron chi connectivity index (χ1n) is 10.7. The Balaban J connectivity index is 1.38. The Bertz CT molecular complexity index is 918. The van der Waals surface area contributed by atoms with Crippen molar-refractivity contribution in [3.05, 3.63) is 89.5 Å². The van der Waals surface area contributed by atoms with Crippen molar-refractivity contribution in [3.63, 3.8) is 0 Å². The molecule has 30 heavy (non-hydrogen) atoms. The second-order valence-corrected chi connectivity index (χ2v) is 8.24. The lowest BCUT2D eigenvalue weighted by Gasteiger charge is -2.25. The fraction of sp³-hybridized carbons (Fsp3) is 0.346. The number of fused-ring (bicyclic) bond motifs is 2. The van der Waals surface area contributed by atoms with Crippen LogP contribution >= 0.6 is 0 Å². The number of allylic oxidation sites excluding steroid dienone is 1. The summed E-state index contributed by atoms with van der Waals surface area (Å²) in [6.45, 7) is 0. The number of aromatic carboxylic acids is 1. The highest BCUT2D eigenvalue weighted by atomic mass is 16.5. The van der Waals surface area contributed by atoms with Gasteiger partial charge in [0.05, 0.1) is 23.9 Å². The fourth-order valence-electron chi connectivity index (χ4n) is 4.70. The molecule has 0 radical (unpaired) electrons. The van der Waals surface area contributed by atoms with E-state index in [0.29, 0.717) is 23.8 Å². The molecule has 0 amide bonds. The van der Waals surface area contributed by atoms with E-state index < -0.39 is 12.1 Å². The van der Waals surface area contributed by atoms with E-state index in [1.54, 1.807) is 18.2 Å². The van der Waals surface area contributed by atoms with Crippen LogP contribution in [0.5, 0.6) is 0 Å². The van der Waals surface area contributed by atoms with E-state index in [1.807, 2.05) is 48.6 Å². The molecule has 2 aliphatic heterocycles. The van der Waals surface area contributed by atoms with Crippen LogP contribution in [0.4, 0.5) is 0 Å². The molecule has 0 saturated carbocycles. The largest absolute Gasteiger partial charge is 0.478 e. The van der Waals surface area contributed by atoms with Gasteiger partial charge in [-0.2, -0.15) is 0 Å². The first-order valence-corrected chi connectivity index (χ1v) is 10.7. The van der Waals surface area contributed by atoms with E-state index in [1.165, 1.54) is 0 Å². The molecule has 2 bridgehead atoms. The van der Waals surface area contributed by atoms with Gasteiger partial charge in [0.25, 0.3) is 0 Å². The number of aliphatic hydroxyl groups excluding tert-OH is 1. The molecule has 4 rings (SSSR count). The summed E-state index contributed by atoms with van der Waals surface area (Å²) in [5.74, 6) is -0.210. The second-order valence-electron chi connectivity index (χ2n) is 8.24. The minimum absolute atomic E-state index is 0.240. The topological polar surface area (TPSA) is 66.8 Å². The van der Waals surface area contributed by atoms with E-state index in [4.69, 9.17) is 9.84 Å². The summed E-state index contributed by atoms with van der Waals surface area (Å²) in [6.07, 6.45) is 11.9. The van der Waals surface area contributed by atoms with Crippen LogP contribution in [0.1, 0.15) is 40.7 Å². The van der Waals surface area contributed by atoms with Crippen LogP contribution in [0.2, 0.25) is 0 Å². The number of hydrogen-bond acceptors (Lipinski definition) is 3. The standard InChI is InChI=1S/C26H28O4/c27-21(17-19-6-2-1-3-7-19)12-13-23-22(24-14-15-25(23)30-24)11-5-9-18-8-4-10-20(16-18)26(28)29/h1-10,12-13,16,21-25,27H,11,14-15,17H2,(H,28,29)/b9-5+,13-12?/t21?,22-,23+,24-,25+/m1/s1. The molecule has 2 aromatic carbocycles. The molecular weight excluding hydrogens is 376 g/mol. The van der Waals surface area contributed by atoms with Crippen LogP contribution in [0, 0.1) is 11.8 Å². The zero-order chi connectivity index (χ0) is 20.9. The van der Waals surface area contributed by atoms with Gasteiger partial charge in [0.2, 0.25) is 0 Å². The summed E-state index contributed by atoms with van der Waals surface area (Å²) in [5, 5.41) is 19.6. The van der Waals surface area contributed by atoms with Crippen molar-refractivity contribution in [1.29, 1.82) is 0 Å². The van der Waals surface area contributed by atoms with Gasteiger partial charge in [0, 0.05) is 12.3 Å². The Morgan fingerprint density at radius 1 is 1.10 bits per heavy atom. The number of carboxylic acid groups (broad SMARTS) is 1. The van der Waals surface area contributed by atoms with Gasteiger partial charge in [-0.05, 0) is 48.4 Å². The average Bonchev–Trinajstić information content (AvgIpc) is 3.35. The van der Waals surface area contributed by atoms with Crippen LogP contribution in [-0.4, -0.2) is 34.5 Å². The molecule has 2 heterocycles. The summed E-state index contributed by atoms with van der Waals surface area (Å²) in [4.78, 5) is 11.1. The molecule has 0 aromatic heterocycles. The van der Waals surface area contributed by atoms with E-state index in [-0.39, 0.29) is 12.2 Å². The van der Waals surface area contributed by atoms with Crippen molar-refractivity contribution in [2.45, 2.75) is 44.0 Å². The number of ether oxygens (including phenoxy) is 1. The van der Waals surface area contributed by atoms with Gasteiger partial charge in [-0.1, -0.05) is 66.8 Å². The number of hydrogen-bond donors (Lipinski definition) is 2. The highest BCUT2D eigenvalue weighted by Gasteiger charge is 2.46. The minimum atomic E-state index is -0.911. The molecule has 0 aliphatic carbocycles. The molecule has 0 spiro atoms. The van der Waals surface area contributed by atoms with Crippen molar-refractivity contribution in [1.82, 2.24) is 0 Å². The number of aliphatic hydroxyl groups is 1. The van der Waals surface area contributed by atoms with E-state index in [0.717, 1.165) is 30.4 Å². The zero-order valence-corrected chi connectivity index (χ0v) is 16.9. The maximum atomic E-state index is 11.1. The third-order valence-electron chi connectivity index (χ3n) is 6.18. The number of benzene rings is 2. The summed E-state index contributed by atoms with van der Waals surface area (Å²) < 4.78 is 6.16. The highest BCUT2D eigenvalue weighted by molar-refractivity contribution is 5.88. The molecule has 4 nitrogen and oxygen atoms in total. The smallest absolute Gasteiger partial charge is 0.335 e. The predicted octanol–water partition coefficient (Wildman–Crippen LogP) is 4.74. The van der Waals surface area contributed by atoms with Crippen LogP contribution in [-0.2, 0) is 11.2 Å². The van der Waals surface area contributed by atoms with Crippen molar-refractivity contribution in [2.24, 2.45) is 11.8 Å². The lowest BCUT2D eigenvalue weighted by atomic mass is 9.77. The van der Waals surface area contributed by atoms with Gasteiger partial charge in [-0.15, -0.1) is 0 Å². The molecule has 1 unspecified atom stereocenters. The van der Waals surface area contributed by atoms with Gasteiger partial charge in [0.1, 0.15) is 0 Å². The van der Waals surface area contributed by atoms with Gasteiger partial charge in [0.15, 0.2) is 0 Å². The fourth-order valence-corrected chi connectivity index (χ4v) is 4.70. The third kappa shape index (κ3) is 4.89. The zero-order valence-electron chi connectivity index (χ0n) is 16.9. The molecule has 156 valence electrons. The summed E-state index contributed by atoms with van der Waals surface area (Å²) in [7, 11) is 0. The summed E-state index contributed by atoms with van der Waals surface area (Å²) in [6, 6.07) is 17.0. The van der Waals surface area contributed by atoms with Crippen LogP contribution < -0.4 is 0 Å². The Kier molecular flexibility index (Phi) is 6.46. The second kappa shape index (κ2) is 9.41. The number of rotatable bonds is 8. The highest BCUT2D eigenvalue weighted by Crippen LogP contribution is 2.46. The summed E-state index contributed by atoms with van der Waals surface area (Å²) >= 11 is 0. The van der Waals surface area contributed by atoms with E-state index in [2.05, 4.69) is 12.2 Å². The lowest BCUT2D eigenvalue weighted by Crippen LogP contribution is -2.25. The maximum absolute atomic E-state index is 11.1. The number of carbonyl (C=O) groups is 1. The maximum Gasteiger partial charge on any atom is 0.335 e. The Labute approximate surface area is 177 Å².